The Labute approximate surface area is 175 Å². The number of allylic oxidation sites excluding steroid dienone is 2. The van der Waals surface area contributed by atoms with Gasteiger partial charge in [0.2, 0.25) is 0 Å². The zero-order chi connectivity index (χ0) is 20.1. The number of hydrogen-bond donors (Lipinski definition) is 0. The van der Waals surface area contributed by atoms with Gasteiger partial charge in [-0.1, -0.05) is 107 Å². The molecular formula is C25H21Cl2F. The van der Waals surface area contributed by atoms with E-state index in [0.29, 0.717) is 10.1 Å². The van der Waals surface area contributed by atoms with Crippen molar-refractivity contribution in [3.05, 3.63) is 119 Å². The molecule has 0 N–H and O–H groups in total. The quantitative estimate of drug-likeness (QED) is 0.398. The van der Waals surface area contributed by atoms with Gasteiger partial charge in [0.15, 0.2) is 0 Å². The standard InChI is InChI=1S/C25H21Cl2F/c1-17-3-7-20(8-4-17)24(26)15-22(19-11-13-23(28)14-12-19)16-25(27)21-9-5-18(2)6-10-21/h3-16,22H,1-2H3/b24-15-,25-16+. The molecule has 0 saturated heterocycles. The van der Waals surface area contributed by atoms with Crippen molar-refractivity contribution in [3.8, 4) is 0 Å². The van der Waals surface area contributed by atoms with Crippen LogP contribution in [0.25, 0.3) is 10.1 Å². The number of halogens is 3. The monoisotopic (exact) mass is 410 g/mol. The van der Waals surface area contributed by atoms with E-state index < -0.39 is 0 Å². The summed E-state index contributed by atoms with van der Waals surface area (Å²) in [6.45, 7) is 4.07. The van der Waals surface area contributed by atoms with Crippen LogP contribution in [0.1, 0.15) is 33.7 Å². The van der Waals surface area contributed by atoms with Crippen molar-refractivity contribution in [3.63, 3.8) is 0 Å². The van der Waals surface area contributed by atoms with Crippen LogP contribution in [0.2, 0.25) is 0 Å². The van der Waals surface area contributed by atoms with Gasteiger partial charge in [-0.05, 0) is 42.7 Å². The van der Waals surface area contributed by atoms with Crippen molar-refractivity contribution >= 4 is 33.3 Å². The van der Waals surface area contributed by atoms with Gasteiger partial charge >= 0.3 is 0 Å². The van der Waals surface area contributed by atoms with E-state index in [1.165, 1.54) is 23.3 Å². The molecule has 0 fully saturated rings. The Hall–Kier alpha value is -2.35. The second-order valence-corrected chi connectivity index (χ2v) is 7.65. The second-order valence-electron chi connectivity index (χ2n) is 6.84. The van der Waals surface area contributed by atoms with Crippen LogP contribution in [0.4, 0.5) is 4.39 Å². The van der Waals surface area contributed by atoms with E-state index >= 15 is 0 Å². The maximum Gasteiger partial charge on any atom is 0.123 e. The summed E-state index contributed by atoms with van der Waals surface area (Å²) in [5.41, 5.74) is 5.12. The Morgan fingerprint density at radius 2 is 1.07 bits per heavy atom. The van der Waals surface area contributed by atoms with Gasteiger partial charge in [-0.3, -0.25) is 0 Å². The van der Waals surface area contributed by atoms with E-state index in [9.17, 15) is 4.39 Å². The van der Waals surface area contributed by atoms with E-state index in [1.807, 2.05) is 74.5 Å². The molecule has 0 aliphatic carbocycles. The molecule has 0 amide bonds. The van der Waals surface area contributed by atoms with Crippen LogP contribution in [0.3, 0.4) is 0 Å². The van der Waals surface area contributed by atoms with Crippen molar-refractivity contribution in [2.24, 2.45) is 0 Å². The molecule has 1 unspecified atom stereocenters. The van der Waals surface area contributed by atoms with E-state index in [0.717, 1.165) is 16.7 Å². The average molecular weight is 411 g/mol. The molecule has 0 aromatic heterocycles. The highest BCUT2D eigenvalue weighted by atomic mass is 35.5. The third-order valence-electron chi connectivity index (χ3n) is 4.56. The lowest BCUT2D eigenvalue weighted by Gasteiger charge is -2.12. The number of hydrogen-bond acceptors (Lipinski definition) is 0. The van der Waals surface area contributed by atoms with Gasteiger partial charge in [0.25, 0.3) is 0 Å². The van der Waals surface area contributed by atoms with E-state index in [1.54, 1.807) is 12.1 Å². The summed E-state index contributed by atoms with van der Waals surface area (Å²) >= 11 is 13.2. The average Bonchev–Trinajstić information content (AvgIpc) is 2.69. The minimum Gasteiger partial charge on any atom is -0.207 e. The summed E-state index contributed by atoms with van der Waals surface area (Å²) in [6.07, 6.45) is 3.88. The smallest absolute Gasteiger partial charge is 0.123 e. The Kier molecular flexibility index (Phi) is 6.72. The lowest BCUT2D eigenvalue weighted by Crippen LogP contribution is -1.94. The largest absolute Gasteiger partial charge is 0.207 e. The van der Waals surface area contributed by atoms with Gasteiger partial charge in [-0.15, -0.1) is 0 Å². The zero-order valence-electron chi connectivity index (χ0n) is 15.8. The summed E-state index contributed by atoms with van der Waals surface area (Å²) in [4.78, 5) is 0. The molecular weight excluding hydrogens is 390 g/mol. The Balaban J connectivity index is 2.00. The van der Waals surface area contributed by atoms with Crippen LogP contribution in [0.15, 0.2) is 84.9 Å². The second kappa shape index (κ2) is 9.23. The molecule has 0 spiro atoms. The van der Waals surface area contributed by atoms with Crippen LogP contribution >= 0.6 is 23.2 Å². The third kappa shape index (κ3) is 5.34. The molecule has 0 aliphatic heterocycles. The topological polar surface area (TPSA) is 0 Å². The SMILES string of the molecule is Cc1ccc(/C(Cl)=C/C(/C=C(/Cl)c2ccc(C)cc2)c2ccc(F)cc2)cc1. The summed E-state index contributed by atoms with van der Waals surface area (Å²) in [6, 6.07) is 22.4. The zero-order valence-corrected chi connectivity index (χ0v) is 17.3. The number of rotatable bonds is 5. The molecule has 0 aliphatic rings. The van der Waals surface area contributed by atoms with Crippen molar-refractivity contribution < 1.29 is 4.39 Å². The van der Waals surface area contributed by atoms with Crippen LogP contribution < -0.4 is 0 Å². The fourth-order valence-electron chi connectivity index (χ4n) is 2.86. The lowest BCUT2D eigenvalue weighted by atomic mass is 9.96. The summed E-state index contributed by atoms with van der Waals surface area (Å²) in [7, 11) is 0. The van der Waals surface area contributed by atoms with Crippen LogP contribution in [-0.2, 0) is 0 Å². The molecule has 0 bridgehead atoms. The summed E-state index contributed by atoms with van der Waals surface area (Å²) < 4.78 is 13.4. The van der Waals surface area contributed by atoms with E-state index in [-0.39, 0.29) is 11.7 Å². The fourth-order valence-corrected chi connectivity index (χ4v) is 3.38. The van der Waals surface area contributed by atoms with Crippen molar-refractivity contribution in [2.45, 2.75) is 19.8 Å². The third-order valence-corrected chi connectivity index (χ3v) is 5.25. The van der Waals surface area contributed by atoms with Crippen LogP contribution in [0, 0.1) is 19.7 Å². The van der Waals surface area contributed by atoms with E-state index in [4.69, 9.17) is 23.2 Å². The maximum absolute atomic E-state index is 13.4. The summed E-state index contributed by atoms with van der Waals surface area (Å²) in [5.74, 6) is -0.465. The van der Waals surface area contributed by atoms with Gasteiger partial charge in [0.1, 0.15) is 5.82 Å². The first-order valence-corrected chi connectivity index (χ1v) is 9.82. The first kappa shape index (κ1) is 20.4. The molecule has 1 atom stereocenters. The van der Waals surface area contributed by atoms with Gasteiger partial charge in [-0.2, -0.15) is 0 Å². The van der Waals surface area contributed by atoms with Crippen molar-refractivity contribution in [2.75, 3.05) is 0 Å². The molecule has 3 aromatic rings. The van der Waals surface area contributed by atoms with Gasteiger partial charge in [-0.25, -0.2) is 4.39 Å². The normalized spacial score (nSPS) is 13.5. The van der Waals surface area contributed by atoms with Crippen LogP contribution in [0.5, 0.6) is 0 Å². The molecule has 0 heterocycles. The first-order valence-electron chi connectivity index (χ1n) is 9.06. The molecule has 3 heteroatoms. The Morgan fingerprint density at radius 3 is 1.46 bits per heavy atom. The molecule has 0 nitrogen and oxygen atoms in total. The fraction of sp³-hybridized carbons (Fsp3) is 0.120. The van der Waals surface area contributed by atoms with Crippen molar-refractivity contribution in [1.29, 1.82) is 0 Å². The molecule has 142 valence electrons. The minimum atomic E-state index is -0.273. The Bertz CT molecular complexity index is 921. The molecule has 0 radical (unpaired) electrons. The first-order chi connectivity index (χ1) is 13.4. The van der Waals surface area contributed by atoms with Gasteiger partial charge < -0.3 is 0 Å². The molecule has 28 heavy (non-hydrogen) atoms. The predicted molar refractivity (Wildman–Crippen MR) is 119 cm³/mol. The van der Waals surface area contributed by atoms with Gasteiger partial charge in [0, 0.05) is 16.0 Å². The number of benzene rings is 3. The van der Waals surface area contributed by atoms with Gasteiger partial charge in [0.05, 0.1) is 0 Å². The summed E-state index contributed by atoms with van der Waals surface area (Å²) in [5, 5.41) is 1.25. The highest BCUT2D eigenvalue weighted by Gasteiger charge is 2.11. The molecule has 3 rings (SSSR count). The lowest BCUT2D eigenvalue weighted by molar-refractivity contribution is 0.627. The van der Waals surface area contributed by atoms with E-state index in [2.05, 4.69) is 0 Å². The maximum atomic E-state index is 13.4. The highest BCUT2D eigenvalue weighted by Crippen LogP contribution is 2.31. The molecule has 3 aromatic carbocycles. The highest BCUT2D eigenvalue weighted by molar-refractivity contribution is 6.49. The Morgan fingerprint density at radius 1 is 0.679 bits per heavy atom. The molecule has 0 saturated carbocycles. The number of aryl methyl sites for hydroxylation is 2. The van der Waals surface area contributed by atoms with Crippen molar-refractivity contribution in [1.82, 2.24) is 0 Å². The van der Waals surface area contributed by atoms with Crippen LogP contribution in [-0.4, -0.2) is 0 Å². The predicted octanol–water partition coefficient (Wildman–Crippen LogP) is 8.09. The minimum absolute atomic E-state index is 0.191.